The summed E-state index contributed by atoms with van der Waals surface area (Å²) in [6, 6.07) is 5.72. The SMILES string of the molecule is CCC1CCCCN1C(=O)C1(C(=O)Nc2ccc(C)c(Cl)c2)CC1. The van der Waals surface area contributed by atoms with E-state index in [1.165, 1.54) is 6.42 Å². The third kappa shape index (κ3) is 3.16. The highest BCUT2D eigenvalue weighted by molar-refractivity contribution is 6.31. The Morgan fingerprint density at radius 2 is 2.08 bits per heavy atom. The largest absolute Gasteiger partial charge is 0.339 e. The second-order valence-corrected chi connectivity index (χ2v) is 7.46. The van der Waals surface area contributed by atoms with Crippen LogP contribution in [0.25, 0.3) is 0 Å². The fourth-order valence-electron chi connectivity index (χ4n) is 3.55. The van der Waals surface area contributed by atoms with Gasteiger partial charge in [-0.05, 0) is 63.1 Å². The van der Waals surface area contributed by atoms with Gasteiger partial charge in [-0.2, -0.15) is 0 Å². The molecular weight excluding hydrogens is 324 g/mol. The Hall–Kier alpha value is -1.55. The van der Waals surface area contributed by atoms with Crippen molar-refractivity contribution in [2.75, 3.05) is 11.9 Å². The summed E-state index contributed by atoms with van der Waals surface area (Å²) in [4.78, 5) is 27.8. The second-order valence-electron chi connectivity index (χ2n) is 7.06. The highest BCUT2D eigenvalue weighted by Gasteiger charge is 2.58. The van der Waals surface area contributed by atoms with Gasteiger partial charge in [0.2, 0.25) is 11.8 Å². The first-order valence-electron chi connectivity index (χ1n) is 8.86. The monoisotopic (exact) mass is 348 g/mol. The van der Waals surface area contributed by atoms with Crippen LogP contribution in [0.3, 0.4) is 0 Å². The van der Waals surface area contributed by atoms with Crippen molar-refractivity contribution in [1.29, 1.82) is 0 Å². The lowest BCUT2D eigenvalue weighted by Gasteiger charge is -2.37. The fraction of sp³-hybridized carbons (Fsp3) is 0.579. The van der Waals surface area contributed by atoms with Crippen molar-refractivity contribution < 1.29 is 9.59 Å². The average Bonchev–Trinajstić information content (AvgIpc) is 3.39. The smallest absolute Gasteiger partial charge is 0.240 e. The van der Waals surface area contributed by atoms with Crippen molar-refractivity contribution in [3.63, 3.8) is 0 Å². The molecule has 1 aromatic rings. The Kier molecular flexibility index (Phi) is 4.86. The van der Waals surface area contributed by atoms with Crippen molar-refractivity contribution in [2.45, 2.75) is 58.4 Å². The molecule has 1 N–H and O–H groups in total. The number of nitrogens with zero attached hydrogens (tertiary/aromatic N) is 1. The summed E-state index contributed by atoms with van der Waals surface area (Å²) in [5, 5.41) is 3.51. The van der Waals surface area contributed by atoms with Gasteiger partial charge in [-0.15, -0.1) is 0 Å². The van der Waals surface area contributed by atoms with Crippen LogP contribution < -0.4 is 5.32 Å². The average molecular weight is 349 g/mol. The van der Waals surface area contributed by atoms with Gasteiger partial charge in [-0.1, -0.05) is 24.6 Å². The summed E-state index contributed by atoms with van der Waals surface area (Å²) in [6.45, 7) is 4.81. The molecule has 1 saturated carbocycles. The minimum atomic E-state index is -0.859. The van der Waals surface area contributed by atoms with Gasteiger partial charge in [-0.3, -0.25) is 9.59 Å². The normalized spacial score (nSPS) is 22.1. The molecule has 4 nitrogen and oxygen atoms in total. The fourth-order valence-corrected chi connectivity index (χ4v) is 3.73. The molecule has 0 aromatic heterocycles. The molecule has 1 aromatic carbocycles. The van der Waals surface area contributed by atoms with E-state index in [2.05, 4.69) is 12.2 Å². The summed E-state index contributed by atoms with van der Waals surface area (Å²) >= 11 is 6.12. The number of aryl methyl sites for hydroxylation is 1. The van der Waals surface area contributed by atoms with E-state index in [9.17, 15) is 9.59 Å². The van der Waals surface area contributed by atoms with Gasteiger partial charge in [0.15, 0.2) is 0 Å². The summed E-state index contributed by atoms with van der Waals surface area (Å²) in [5.74, 6) is -0.169. The lowest BCUT2D eigenvalue weighted by Crippen LogP contribution is -2.49. The molecule has 2 aliphatic rings. The first-order chi connectivity index (χ1) is 11.5. The van der Waals surface area contributed by atoms with Crippen LogP contribution in [0.2, 0.25) is 5.02 Å². The van der Waals surface area contributed by atoms with E-state index in [4.69, 9.17) is 11.6 Å². The van der Waals surface area contributed by atoms with Crippen molar-refractivity contribution >= 4 is 29.1 Å². The van der Waals surface area contributed by atoms with Crippen LogP contribution in [0, 0.1) is 12.3 Å². The second kappa shape index (κ2) is 6.75. The van der Waals surface area contributed by atoms with E-state index in [0.29, 0.717) is 23.6 Å². The number of piperidine rings is 1. The van der Waals surface area contributed by atoms with Crippen molar-refractivity contribution in [2.24, 2.45) is 5.41 Å². The van der Waals surface area contributed by atoms with Crippen LogP contribution in [-0.2, 0) is 9.59 Å². The minimum Gasteiger partial charge on any atom is -0.339 e. The molecule has 1 saturated heterocycles. The van der Waals surface area contributed by atoms with E-state index in [-0.39, 0.29) is 17.9 Å². The summed E-state index contributed by atoms with van der Waals surface area (Å²) < 4.78 is 0. The maximum Gasteiger partial charge on any atom is 0.240 e. The van der Waals surface area contributed by atoms with Crippen LogP contribution >= 0.6 is 11.6 Å². The third-order valence-corrected chi connectivity index (χ3v) is 5.79. The number of nitrogens with one attached hydrogen (secondary N) is 1. The van der Waals surface area contributed by atoms with Gasteiger partial charge in [0.05, 0.1) is 0 Å². The van der Waals surface area contributed by atoms with Crippen molar-refractivity contribution in [3.8, 4) is 0 Å². The molecule has 1 unspecified atom stereocenters. The number of benzene rings is 1. The number of carbonyl (C=O) groups is 2. The van der Waals surface area contributed by atoms with Gasteiger partial charge < -0.3 is 10.2 Å². The Morgan fingerprint density at radius 3 is 2.71 bits per heavy atom. The number of hydrogen-bond donors (Lipinski definition) is 1. The number of hydrogen-bond acceptors (Lipinski definition) is 2. The van der Waals surface area contributed by atoms with Crippen LogP contribution in [0.15, 0.2) is 18.2 Å². The first kappa shape index (κ1) is 17.3. The lowest BCUT2D eigenvalue weighted by atomic mass is 9.95. The number of halogens is 1. The molecule has 1 atom stereocenters. The molecule has 2 amide bonds. The molecule has 1 heterocycles. The Morgan fingerprint density at radius 1 is 1.33 bits per heavy atom. The van der Waals surface area contributed by atoms with Crippen LogP contribution in [-0.4, -0.2) is 29.3 Å². The molecule has 0 bridgehead atoms. The van der Waals surface area contributed by atoms with Crippen molar-refractivity contribution in [3.05, 3.63) is 28.8 Å². The zero-order chi connectivity index (χ0) is 17.3. The standard InChI is InChI=1S/C19H25ClN2O2/c1-3-15-6-4-5-11-22(15)18(24)19(9-10-19)17(23)21-14-8-7-13(2)16(20)12-14/h7-8,12,15H,3-6,9-11H2,1-2H3,(H,21,23). The highest BCUT2D eigenvalue weighted by Crippen LogP contribution is 2.49. The zero-order valence-electron chi connectivity index (χ0n) is 14.4. The molecule has 0 radical (unpaired) electrons. The van der Waals surface area contributed by atoms with Gasteiger partial charge in [0.1, 0.15) is 5.41 Å². The maximum atomic E-state index is 13.0. The van der Waals surface area contributed by atoms with Crippen molar-refractivity contribution in [1.82, 2.24) is 4.90 Å². The molecule has 130 valence electrons. The topological polar surface area (TPSA) is 49.4 Å². The van der Waals surface area contributed by atoms with Gasteiger partial charge in [0, 0.05) is 23.3 Å². The lowest BCUT2D eigenvalue weighted by molar-refractivity contribution is -0.145. The summed E-state index contributed by atoms with van der Waals surface area (Å²) in [6.07, 6.45) is 5.50. The molecule has 2 fully saturated rings. The summed E-state index contributed by atoms with van der Waals surface area (Å²) in [7, 11) is 0. The minimum absolute atomic E-state index is 0.0183. The van der Waals surface area contributed by atoms with E-state index in [0.717, 1.165) is 31.4 Å². The number of likely N-dealkylation sites (tertiary alicyclic amines) is 1. The first-order valence-corrected chi connectivity index (χ1v) is 9.24. The maximum absolute atomic E-state index is 13.0. The van der Waals surface area contributed by atoms with Crippen LogP contribution in [0.4, 0.5) is 5.69 Å². The zero-order valence-corrected chi connectivity index (χ0v) is 15.2. The Labute approximate surface area is 148 Å². The molecule has 1 aliphatic carbocycles. The summed E-state index contributed by atoms with van der Waals surface area (Å²) in [5.41, 5.74) is 0.758. The van der Waals surface area contributed by atoms with Crippen LogP contribution in [0.5, 0.6) is 0 Å². The molecule has 24 heavy (non-hydrogen) atoms. The van der Waals surface area contributed by atoms with Gasteiger partial charge in [0.25, 0.3) is 0 Å². The highest BCUT2D eigenvalue weighted by atomic mass is 35.5. The van der Waals surface area contributed by atoms with E-state index >= 15 is 0 Å². The molecule has 5 heteroatoms. The third-order valence-electron chi connectivity index (χ3n) is 5.38. The number of rotatable bonds is 4. The Balaban J connectivity index is 1.73. The molecule has 3 rings (SSSR count). The van der Waals surface area contributed by atoms with E-state index in [1.807, 2.05) is 24.0 Å². The van der Waals surface area contributed by atoms with Gasteiger partial charge in [-0.25, -0.2) is 0 Å². The number of amides is 2. The van der Waals surface area contributed by atoms with Gasteiger partial charge >= 0.3 is 0 Å². The van der Waals surface area contributed by atoms with E-state index < -0.39 is 5.41 Å². The predicted octanol–water partition coefficient (Wildman–Crippen LogP) is 4.16. The molecular formula is C19H25ClN2O2. The predicted molar refractivity (Wildman–Crippen MR) is 96.1 cm³/mol. The number of carbonyl (C=O) groups excluding carboxylic acids is 2. The van der Waals surface area contributed by atoms with E-state index in [1.54, 1.807) is 6.07 Å². The number of anilines is 1. The quantitative estimate of drug-likeness (QED) is 0.830. The molecule has 1 aliphatic heterocycles. The van der Waals surface area contributed by atoms with Crippen LogP contribution in [0.1, 0.15) is 51.0 Å². The molecule has 0 spiro atoms. The Bertz CT molecular complexity index is 655.